The molecule has 0 heterocycles. The van der Waals surface area contributed by atoms with Crippen molar-refractivity contribution in [3.63, 3.8) is 0 Å². The minimum atomic E-state index is -0.251. The Morgan fingerprint density at radius 1 is 1.15 bits per heavy atom. The van der Waals surface area contributed by atoms with E-state index in [0.717, 1.165) is 5.56 Å². The Bertz CT molecular complexity index is 434. The summed E-state index contributed by atoms with van der Waals surface area (Å²) in [5.74, 6) is -0.451. The molecule has 5 nitrogen and oxygen atoms in total. The van der Waals surface area contributed by atoms with Gasteiger partial charge in [-0.1, -0.05) is 37.3 Å². The monoisotopic (exact) mass is 278 g/mol. The first-order valence-electron chi connectivity index (χ1n) is 6.73. The summed E-state index contributed by atoms with van der Waals surface area (Å²) in [6, 6.07) is 9.23. The van der Waals surface area contributed by atoms with Gasteiger partial charge in [-0.05, 0) is 18.4 Å². The molecule has 110 valence electrons. The molecule has 0 saturated carbocycles. The number of amides is 2. The third-order valence-corrected chi connectivity index (χ3v) is 3.18. The lowest BCUT2D eigenvalue weighted by molar-refractivity contribution is -0.126. The van der Waals surface area contributed by atoms with E-state index in [2.05, 4.69) is 10.6 Å². The van der Waals surface area contributed by atoms with Crippen LogP contribution in [-0.4, -0.2) is 36.1 Å². The maximum atomic E-state index is 11.7. The van der Waals surface area contributed by atoms with E-state index >= 15 is 0 Å². The Morgan fingerprint density at radius 2 is 1.80 bits per heavy atom. The zero-order chi connectivity index (χ0) is 15.0. The number of aliphatic hydroxyl groups is 1. The second-order valence-electron chi connectivity index (χ2n) is 4.96. The standard InChI is InChI=1S/C15H22N2O3/c1-11(10-18)12(2)17-15(20)9-16-14(19)8-13-6-4-3-5-7-13/h3-7,11-12,18H,8-10H2,1-2H3,(H,16,19)(H,17,20). The second kappa shape index (κ2) is 8.32. The summed E-state index contributed by atoms with van der Waals surface area (Å²) in [6.45, 7) is 3.64. The van der Waals surface area contributed by atoms with Crippen LogP contribution in [0.1, 0.15) is 19.4 Å². The van der Waals surface area contributed by atoms with Crippen molar-refractivity contribution >= 4 is 11.8 Å². The predicted molar refractivity (Wildman–Crippen MR) is 77.0 cm³/mol. The molecule has 2 atom stereocenters. The van der Waals surface area contributed by atoms with Gasteiger partial charge in [0.1, 0.15) is 0 Å². The fourth-order valence-electron chi connectivity index (χ4n) is 1.63. The van der Waals surface area contributed by atoms with Gasteiger partial charge in [0.15, 0.2) is 0 Å². The maximum Gasteiger partial charge on any atom is 0.239 e. The Hall–Kier alpha value is -1.88. The van der Waals surface area contributed by atoms with Crippen LogP contribution in [-0.2, 0) is 16.0 Å². The van der Waals surface area contributed by atoms with Crippen molar-refractivity contribution in [1.82, 2.24) is 10.6 Å². The van der Waals surface area contributed by atoms with E-state index in [9.17, 15) is 9.59 Å². The zero-order valence-electron chi connectivity index (χ0n) is 11.9. The van der Waals surface area contributed by atoms with Crippen LogP contribution < -0.4 is 10.6 Å². The fourth-order valence-corrected chi connectivity index (χ4v) is 1.63. The summed E-state index contributed by atoms with van der Waals surface area (Å²) < 4.78 is 0. The van der Waals surface area contributed by atoms with Gasteiger partial charge in [0, 0.05) is 12.6 Å². The number of carbonyl (C=O) groups excluding carboxylic acids is 2. The largest absolute Gasteiger partial charge is 0.396 e. The quantitative estimate of drug-likeness (QED) is 0.679. The van der Waals surface area contributed by atoms with Crippen molar-refractivity contribution in [2.75, 3.05) is 13.2 Å². The molecule has 20 heavy (non-hydrogen) atoms. The number of aliphatic hydroxyl groups excluding tert-OH is 1. The van der Waals surface area contributed by atoms with Gasteiger partial charge in [0.05, 0.1) is 13.0 Å². The molecule has 0 aromatic heterocycles. The summed E-state index contributed by atoms with van der Waals surface area (Å²) in [6.07, 6.45) is 0.261. The molecule has 0 aliphatic carbocycles. The lowest BCUT2D eigenvalue weighted by atomic mass is 10.1. The average Bonchev–Trinajstić information content (AvgIpc) is 2.45. The van der Waals surface area contributed by atoms with Gasteiger partial charge < -0.3 is 15.7 Å². The van der Waals surface area contributed by atoms with Crippen LogP contribution >= 0.6 is 0 Å². The Kier molecular flexibility index (Phi) is 6.73. The number of hydrogen-bond donors (Lipinski definition) is 3. The minimum absolute atomic E-state index is 0.0148. The van der Waals surface area contributed by atoms with Crippen LogP contribution in [0.15, 0.2) is 30.3 Å². The van der Waals surface area contributed by atoms with Crippen molar-refractivity contribution in [2.45, 2.75) is 26.3 Å². The molecule has 0 aliphatic heterocycles. The third kappa shape index (κ3) is 5.84. The predicted octanol–water partition coefficient (Wildman–Crippen LogP) is 0.478. The number of benzene rings is 1. The highest BCUT2D eigenvalue weighted by Gasteiger charge is 2.14. The van der Waals surface area contributed by atoms with Crippen molar-refractivity contribution < 1.29 is 14.7 Å². The normalized spacial score (nSPS) is 13.3. The van der Waals surface area contributed by atoms with E-state index in [1.54, 1.807) is 0 Å². The van der Waals surface area contributed by atoms with Gasteiger partial charge in [0.2, 0.25) is 11.8 Å². The lowest BCUT2D eigenvalue weighted by Gasteiger charge is -2.19. The van der Waals surface area contributed by atoms with Crippen molar-refractivity contribution in [1.29, 1.82) is 0 Å². The van der Waals surface area contributed by atoms with Gasteiger partial charge in [-0.2, -0.15) is 0 Å². The van der Waals surface area contributed by atoms with E-state index in [1.807, 2.05) is 44.2 Å². The van der Waals surface area contributed by atoms with Gasteiger partial charge in [0.25, 0.3) is 0 Å². The first-order valence-corrected chi connectivity index (χ1v) is 6.73. The molecule has 0 radical (unpaired) electrons. The highest BCUT2D eigenvalue weighted by Crippen LogP contribution is 2.00. The van der Waals surface area contributed by atoms with Gasteiger partial charge in [-0.3, -0.25) is 9.59 Å². The summed E-state index contributed by atoms with van der Waals surface area (Å²) in [5.41, 5.74) is 0.910. The molecule has 0 aliphatic rings. The van der Waals surface area contributed by atoms with Crippen molar-refractivity contribution in [2.24, 2.45) is 5.92 Å². The third-order valence-electron chi connectivity index (χ3n) is 3.18. The maximum absolute atomic E-state index is 11.7. The van der Waals surface area contributed by atoms with E-state index in [4.69, 9.17) is 5.11 Å². The Balaban J connectivity index is 2.29. The molecule has 5 heteroatoms. The van der Waals surface area contributed by atoms with Crippen LogP contribution in [0.5, 0.6) is 0 Å². The molecule has 3 N–H and O–H groups in total. The van der Waals surface area contributed by atoms with Gasteiger partial charge in [-0.25, -0.2) is 0 Å². The topological polar surface area (TPSA) is 78.4 Å². The molecule has 0 bridgehead atoms. The molecule has 1 aromatic carbocycles. The number of hydrogen-bond acceptors (Lipinski definition) is 3. The van der Waals surface area contributed by atoms with Gasteiger partial charge >= 0.3 is 0 Å². The molecule has 2 unspecified atom stereocenters. The SMILES string of the molecule is CC(CO)C(C)NC(=O)CNC(=O)Cc1ccccc1. The highest BCUT2D eigenvalue weighted by atomic mass is 16.3. The zero-order valence-corrected chi connectivity index (χ0v) is 11.9. The molecule has 0 fully saturated rings. The highest BCUT2D eigenvalue weighted by molar-refractivity contribution is 5.85. The van der Waals surface area contributed by atoms with Crippen LogP contribution in [0.4, 0.5) is 0 Å². The first kappa shape index (κ1) is 16.2. The van der Waals surface area contributed by atoms with E-state index in [1.165, 1.54) is 0 Å². The van der Waals surface area contributed by atoms with Crippen LogP contribution in [0, 0.1) is 5.92 Å². The molecule has 0 saturated heterocycles. The molecular weight excluding hydrogens is 256 g/mol. The van der Waals surface area contributed by atoms with Gasteiger partial charge in [-0.15, -0.1) is 0 Å². The molecule has 1 aromatic rings. The summed E-state index contributed by atoms with van der Waals surface area (Å²) in [4.78, 5) is 23.3. The fraction of sp³-hybridized carbons (Fsp3) is 0.467. The van der Waals surface area contributed by atoms with Crippen LogP contribution in [0.2, 0.25) is 0 Å². The summed E-state index contributed by atoms with van der Waals surface area (Å²) in [7, 11) is 0. The molecule has 2 amide bonds. The molecule has 1 rings (SSSR count). The Labute approximate surface area is 119 Å². The van der Waals surface area contributed by atoms with Crippen LogP contribution in [0.3, 0.4) is 0 Å². The minimum Gasteiger partial charge on any atom is -0.396 e. The number of nitrogens with one attached hydrogen (secondary N) is 2. The smallest absolute Gasteiger partial charge is 0.239 e. The summed E-state index contributed by atoms with van der Waals surface area (Å²) >= 11 is 0. The molecule has 0 spiro atoms. The summed E-state index contributed by atoms with van der Waals surface area (Å²) in [5, 5.41) is 14.3. The van der Waals surface area contributed by atoms with Crippen LogP contribution in [0.25, 0.3) is 0 Å². The number of carbonyl (C=O) groups is 2. The Morgan fingerprint density at radius 3 is 2.40 bits per heavy atom. The molecular formula is C15H22N2O3. The van der Waals surface area contributed by atoms with Crippen molar-refractivity contribution in [3.8, 4) is 0 Å². The van der Waals surface area contributed by atoms with Crippen molar-refractivity contribution in [3.05, 3.63) is 35.9 Å². The first-order chi connectivity index (χ1) is 9.52. The van der Waals surface area contributed by atoms with E-state index in [-0.39, 0.29) is 43.3 Å². The second-order valence-corrected chi connectivity index (χ2v) is 4.96. The number of rotatable bonds is 7. The van der Waals surface area contributed by atoms with E-state index < -0.39 is 0 Å². The van der Waals surface area contributed by atoms with E-state index in [0.29, 0.717) is 0 Å². The lowest BCUT2D eigenvalue weighted by Crippen LogP contribution is -2.44. The average molecular weight is 278 g/mol.